The lowest BCUT2D eigenvalue weighted by atomic mass is 10.2. The predicted molar refractivity (Wildman–Crippen MR) is 74.7 cm³/mol. The van der Waals surface area contributed by atoms with Gasteiger partial charge in [0.15, 0.2) is 5.69 Å². The van der Waals surface area contributed by atoms with E-state index in [0.717, 1.165) is 11.3 Å². The van der Waals surface area contributed by atoms with Crippen LogP contribution in [0.15, 0.2) is 22.7 Å². The molecule has 1 aromatic heterocycles. The quantitative estimate of drug-likeness (QED) is 0.921. The van der Waals surface area contributed by atoms with E-state index in [1.807, 2.05) is 13.8 Å². The topological polar surface area (TPSA) is 46.9 Å². The molecule has 0 saturated carbocycles. The molecule has 1 aromatic carbocycles. The van der Waals surface area contributed by atoms with E-state index in [0.29, 0.717) is 4.47 Å². The number of aryl methyl sites for hydroxylation is 2. The molecule has 0 fully saturated rings. The van der Waals surface area contributed by atoms with Gasteiger partial charge < -0.3 is 5.32 Å². The Bertz CT molecular complexity index is 652. The van der Waals surface area contributed by atoms with Crippen LogP contribution in [0.3, 0.4) is 0 Å². The molecule has 1 amide bonds. The van der Waals surface area contributed by atoms with Crippen molar-refractivity contribution in [3.05, 3.63) is 45.4 Å². The SMILES string of the molecule is Cc1ccc(F)c(NC(=O)c2nn(C)c(C)c2Br)c1. The minimum Gasteiger partial charge on any atom is -0.318 e. The number of carbonyl (C=O) groups is 1. The second-order valence-corrected chi connectivity index (χ2v) is 5.10. The number of aromatic nitrogens is 2. The summed E-state index contributed by atoms with van der Waals surface area (Å²) in [7, 11) is 1.74. The van der Waals surface area contributed by atoms with Gasteiger partial charge in [0.1, 0.15) is 5.82 Å². The monoisotopic (exact) mass is 325 g/mol. The Balaban J connectivity index is 2.30. The second kappa shape index (κ2) is 5.13. The molecule has 0 radical (unpaired) electrons. The molecular formula is C13H13BrFN3O. The third kappa shape index (κ3) is 2.68. The molecule has 0 aliphatic carbocycles. The van der Waals surface area contributed by atoms with Crippen LogP contribution in [0.2, 0.25) is 0 Å². The average Bonchev–Trinajstić information content (AvgIpc) is 2.62. The van der Waals surface area contributed by atoms with Crippen molar-refractivity contribution >= 4 is 27.5 Å². The van der Waals surface area contributed by atoms with Crippen molar-refractivity contribution in [2.24, 2.45) is 7.05 Å². The number of nitrogens with zero attached hydrogens (tertiary/aromatic N) is 2. The summed E-state index contributed by atoms with van der Waals surface area (Å²) in [5, 5.41) is 6.62. The van der Waals surface area contributed by atoms with Crippen LogP contribution in [-0.2, 0) is 7.05 Å². The number of anilines is 1. The third-order valence-electron chi connectivity index (χ3n) is 2.85. The Hall–Kier alpha value is -1.69. The van der Waals surface area contributed by atoms with Gasteiger partial charge in [-0.3, -0.25) is 9.48 Å². The zero-order chi connectivity index (χ0) is 14.2. The Labute approximate surface area is 118 Å². The largest absolute Gasteiger partial charge is 0.318 e. The molecule has 0 aliphatic rings. The fraction of sp³-hybridized carbons (Fsp3) is 0.231. The van der Waals surface area contributed by atoms with Crippen molar-refractivity contribution in [1.29, 1.82) is 0 Å². The van der Waals surface area contributed by atoms with Crippen molar-refractivity contribution in [1.82, 2.24) is 9.78 Å². The van der Waals surface area contributed by atoms with Crippen LogP contribution in [0.4, 0.5) is 10.1 Å². The highest BCUT2D eigenvalue weighted by Crippen LogP contribution is 2.22. The number of rotatable bonds is 2. The summed E-state index contributed by atoms with van der Waals surface area (Å²) in [6.07, 6.45) is 0. The van der Waals surface area contributed by atoms with Gasteiger partial charge in [0.05, 0.1) is 15.9 Å². The summed E-state index contributed by atoms with van der Waals surface area (Å²) in [4.78, 5) is 12.1. The predicted octanol–water partition coefficient (Wildman–Crippen LogP) is 3.19. The van der Waals surface area contributed by atoms with Crippen LogP contribution in [0.25, 0.3) is 0 Å². The molecule has 2 rings (SSSR count). The molecule has 0 aliphatic heterocycles. The average molecular weight is 326 g/mol. The van der Waals surface area contributed by atoms with E-state index in [2.05, 4.69) is 26.3 Å². The maximum atomic E-state index is 13.6. The highest BCUT2D eigenvalue weighted by molar-refractivity contribution is 9.10. The van der Waals surface area contributed by atoms with Crippen LogP contribution in [0.1, 0.15) is 21.7 Å². The molecule has 2 aromatic rings. The fourth-order valence-corrected chi connectivity index (χ4v) is 2.16. The van der Waals surface area contributed by atoms with E-state index >= 15 is 0 Å². The first-order valence-corrected chi connectivity index (χ1v) is 6.46. The first-order chi connectivity index (χ1) is 8.90. The van der Waals surface area contributed by atoms with Crippen LogP contribution in [0.5, 0.6) is 0 Å². The summed E-state index contributed by atoms with van der Waals surface area (Å²) < 4.78 is 15.8. The summed E-state index contributed by atoms with van der Waals surface area (Å²) in [6.45, 7) is 3.66. The summed E-state index contributed by atoms with van der Waals surface area (Å²) in [5.74, 6) is -0.914. The lowest BCUT2D eigenvalue weighted by Crippen LogP contribution is -2.14. The number of hydrogen-bond donors (Lipinski definition) is 1. The van der Waals surface area contributed by atoms with Gasteiger partial charge >= 0.3 is 0 Å². The molecule has 0 spiro atoms. The minimum atomic E-state index is -0.470. The molecule has 0 bridgehead atoms. The zero-order valence-corrected chi connectivity index (χ0v) is 12.4. The molecule has 100 valence electrons. The van der Waals surface area contributed by atoms with Crippen LogP contribution >= 0.6 is 15.9 Å². The van der Waals surface area contributed by atoms with Gasteiger partial charge in [-0.25, -0.2) is 4.39 Å². The van der Waals surface area contributed by atoms with Crippen molar-refractivity contribution in [2.75, 3.05) is 5.32 Å². The molecule has 1 N–H and O–H groups in total. The standard InChI is InChI=1S/C13H13BrFN3O/c1-7-4-5-9(15)10(6-7)16-13(19)12-11(14)8(2)18(3)17-12/h4-6H,1-3H3,(H,16,19). The third-order valence-corrected chi connectivity index (χ3v) is 3.80. The first kappa shape index (κ1) is 13.7. The van der Waals surface area contributed by atoms with Crippen LogP contribution in [-0.4, -0.2) is 15.7 Å². The van der Waals surface area contributed by atoms with E-state index in [1.165, 1.54) is 6.07 Å². The molecule has 0 saturated heterocycles. The van der Waals surface area contributed by atoms with Crippen LogP contribution < -0.4 is 5.32 Å². The van der Waals surface area contributed by atoms with Gasteiger partial charge in [-0.15, -0.1) is 0 Å². The number of amides is 1. The van der Waals surface area contributed by atoms with Crippen LogP contribution in [0, 0.1) is 19.7 Å². The lowest BCUT2D eigenvalue weighted by Gasteiger charge is -2.06. The molecule has 1 heterocycles. The fourth-order valence-electron chi connectivity index (χ4n) is 1.64. The number of hydrogen-bond acceptors (Lipinski definition) is 2. The maximum absolute atomic E-state index is 13.6. The molecule has 0 atom stereocenters. The van der Waals surface area contributed by atoms with E-state index in [1.54, 1.807) is 23.9 Å². The lowest BCUT2D eigenvalue weighted by molar-refractivity contribution is 0.102. The normalized spacial score (nSPS) is 10.6. The van der Waals surface area contributed by atoms with Gasteiger partial charge in [0.2, 0.25) is 0 Å². The Morgan fingerprint density at radius 2 is 2.11 bits per heavy atom. The summed E-state index contributed by atoms with van der Waals surface area (Å²) >= 11 is 3.31. The van der Waals surface area contributed by atoms with E-state index in [4.69, 9.17) is 0 Å². The summed E-state index contributed by atoms with van der Waals surface area (Å²) in [5.41, 5.74) is 2.09. The smallest absolute Gasteiger partial charge is 0.277 e. The molecular weight excluding hydrogens is 313 g/mol. The van der Waals surface area contributed by atoms with E-state index in [-0.39, 0.29) is 11.4 Å². The van der Waals surface area contributed by atoms with Crippen molar-refractivity contribution in [2.45, 2.75) is 13.8 Å². The van der Waals surface area contributed by atoms with Crippen molar-refractivity contribution in [3.63, 3.8) is 0 Å². The number of carbonyl (C=O) groups excluding carboxylic acids is 1. The van der Waals surface area contributed by atoms with Crippen molar-refractivity contribution in [3.8, 4) is 0 Å². The second-order valence-electron chi connectivity index (χ2n) is 4.31. The number of halogens is 2. The Kier molecular flexibility index (Phi) is 3.71. The van der Waals surface area contributed by atoms with Gasteiger partial charge in [0.25, 0.3) is 5.91 Å². The first-order valence-electron chi connectivity index (χ1n) is 5.66. The highest BCUT2D eigenvalue weighted by atomic mass is 79.9. The van der Waals surface area contributed by atoms with E-state index in [9.17, 15) is 9.18 Å². The Morgan fingerprint density at radius 3 is 2.68 bits per heavy atom. The highest BCUT2D eigenvalue weighted by Gasteiger charge is 2.18. The molecule has 6 heteroatoms. The summed E-state index contributed by atoms with van der Waals surface area (Å²) in [6, 6.07) is 4.55. The molecule has 19 heavy (non-hydrogen) atoms. The van der Waals surface area contributed by atoms with Gasteiger partial charge in [-0.1, -0.05) is 6.07 Å². The van der Waals surface area contributed by atoms with E-state index < -0.39 is 11.7 Å². The Morgan fingerprint density at radius 1 is 1.42 bits per heavy atom. The van der Waals surface area contributed by atoms with Gasteiger partial charge in [-0.05, 0) is 47.5 Å². The molecule has 0 unspecified atom stereocenters. The minimum absolute atomic E-state index is 0.153. The van der Waals surface area contributed by atoms with Gasteiger partial charge in [-0.2, -0.15) is 5.10 Å². The molecule has 4 nitrogen and oxygen atoms in total. The number of nitrogens with one attached hydrogen (secondary N) is 1. The van der Waals surface area contributed by atoms with Crippen molar-refractivity contribution < 1.29 is 9.18 Å². The van der Waals surface area contributed by atoms with Gasteiger partial charge in [0, 0.05) is 7.05 Å². The zero-order valence-electron chi connectivity index (χ0n) is 10.8. The maximum Gasteiger partial charge on any atom is 0.277 e. The number of benzene rings is 1.